The van der Waals surface area contributed by atoms with Crippen LogP contribution in [0.4, 0.5) is 5.69 Å². The minimum Gasteiger partial charge on any atom is -0.346 e. The molecule has 4 rings (SSSR count). The van der Waals surface area contributed by atoms with E-state index in [9.17, 15) is 9.59 Å². The summed E-state index contributed by atoms with van der Waals surface area (Å²) < 4.78 is 5.22. The van der Waals surface area contributed by atoms with E-state index < -0.39 is 0 Å². The monoisotopic (exact) mass is 388 g/mol. The number of anilines is 1. The van der Waals surface area contributed by atoms with Gasteiger partial charge in [-0.1, -0.05) is 24.3 Å². The Kier molecular flexibility index (Phi) is 5.07. The van der Waals surface area contributed by atoms with E-state index in [0.717, 1.165) is 15.8 Å². The molecule has 6 nitrogen and oxygen atoms in total. The van der Waals surface area contributed by atoms with Crippen LogP contribution in [-0.2, 0) is 6.54 Å². The largest absolute Gasteiger partial charge is 0.346 e. The van der Waals surface area contributed by atoms with Crippen molar-refractivity contribution in [1.82, 2.24) is 14.7 Å². The fraction of sp³-hybridized carbons (Fsp3) is 0.0476. The fourth-order valence-electron chi connectivity index (χ4n) is 2.72. The number of nitrogens with one attached hydrogen (secondary N) is 2. The smallest absolute Gasteiger partial charge is 0.276 e. The van der Waals surface area contributed by atoms with Gasteiger partial charge < -0.3 is 10.6 Å². The third-order valence-electron chi connectivity index (χ3n) is 4.15. The summed E-state index contributed by atoms with van der Waals surface area (Å²) >= 11 is 1.29. The molecular formula is C21H16N4O2S. The number of nitrogens with zero attached hydrogens (tertiary/aromatic N) is 2. The molecule has 0 aliphatic carbocycles. The van der Waals surface area contributed by atoms with Crippen molar-refractivity contribution >= 4 is 39.1 Å². The molecule has 2 aromatic heterocycles. The highest BCUT2D eigenvalue weighted by atomic mass is 32.1. The number of rotatable bonds is 5. The van der Waals surface area contributed by atoms with Crippen LogP contribution in [0.1, 0.15) is 26.5 Å². The fourth-order valence-corrected chi connectivity index (χ4v) is 3.49. The SMILES string of the molecule is O=C(NCc1ccccn1)c1ccc(NC(=O)c2nsc3ccccc23)cc1. The van der Waals surface area contributed by atoms with Gasteiger partial charge in [0.05, 0.1) is 16.9 Å². The molecule has 2 N–H and O–H groups in total. The summed E-state index contributed by atoms with van der Waals surface area (Å²) in [7, 11) is 0. The van der Waals surface area contributed by atoms with Crippen LogP contribution in [0.25, 0.3) is 10.1 Å². The summed E-state index contributed by atoms with van der Waals surface area (Å²) in [4.78, 5) is 28.9. The quantitative estimate of drug-likeness (QED) is 0.544. The molecular weight excluding hydrogens is 372 g/mol. The first-order valence-electron chi connectivity index (χ1n) is 8.64. The molecule has 138 valence electrons. The van der Waals surface area contributed by atoms with Gasteiger partial charge in [0.25, 0.3) is 11.8 Å². The van der Waals surface area contributed by atoms with Crippen molar-refractivity contribution in [3.05, 3.63) is 89.9 Å². The Labute approximate surface area is 165 Å². The van der Waals surface area contributed by atoms with Crippen LogP contribution in [0, 0.1) is 0 Å². The molecule has 0 fully saturated rings. The molecule has 4 aromatic rings. The van der Waals surface area contributed by atoms with Gasteiger partial charge >= 0.3 is 0 Å². The number of amides is 2. The first-order valence-corrected chi connectivity index (χ1v) is 9.42. The summed E-state index contributed by atoms with van der Waals surface area (Å²) in [6.07, 6.45) is 1.69. The van der Waals surface area contributed by atoms with E-state index in [1.165, 1.54) is 11.5 Å². The number of hydrogen-bond acceptors (Lipinski definition) is 5. The highest BCUT2D eigenvalue weighted by Gasteiger charge is 2.14. The lowest BCUT2D eigenvalue weighted by Gasteiger charge is -2.07. The Morgan fingerprint density at radius 1 is 0.893 bits per heavy atom. The van der Waals surface area contributed by atoms with Gasteiger partial charge in [0, 0.05) is 22.8 Å². The third-order valence-corrected chi connectivity index (χ3v) is 4.98. The van der Waals surface area contributed by atoms with Gasteiger partial charge in [-0.3, -0.25) is 14.6 Å². The minimum absolute atomic E-state index is 0.200. The summed E-state index contributed by atoms with van der Waals surface area (Å²) in [6.45, 7) is 0.356. The van der Waals surface area contributed by atoms with Gasteiger partial charge in [-0.15, -0.1) is 0 Å². The second-order valence-electron chi connectivity index (χ2n) is 6.06. The van der Waals surface area contributed by atoms with Crippen molar-refractivity contribution < 1.29 is 9.59 Å². The summed E-state index contributed by atoms with van der Waals surface area (Å²) in [5.74, 6) is -0.473. The van der Waals surface area contributed by atoms with Gasteiger partial charge in [-0.2, -0.15) is 4.37 Å². The molecule has 2 heterocycles. The van der Waals surface area contributed by atoms with Gasteiger partial charge in [-0.05, 0) is 54.0 Å². The van der Waals surface area contributed by atoms with Crippen LogP contribution in [0.15, 0.2) is 72.9 Å². The van der Waals surface area contributed by atoms with Crippen LogP contribution in [-0.4, -0.2) is 21.2 Å². The molecule has 0 aliphatic rings. The van der Waals surface area contributed by atoms with E-state index in [-0.39, 0.29) is 11.8 Å². The summed E-state index contributed by atoms with van der Waals surface area (Å²) in [5.41, 5.74) is 2.30. The zero-order valence-corrected chi connectivity index (χ0v) is 15.6. The third kappa shape index (κ3) is 3.89. The predicted octanol–water partition coefficient (Wildman–Crippen LogP) is 3.87. The Balaban J connectivity index is 1.40. The molecule has 7 heteroatoms. The number of pyridine rings is 1. The van der Waals surface area contributed by atoms with Gasteiger partial charge in [0.2, 0.25) is 0 Å². The molecule has 0 unspecified atom stereocenters. The zero-order chi connectivity index (χ0) is 19.3. The van der Waals surface area contributed by atoms with E-state index >= 15 is 0 Å². The molecule has 2 aromatic carbocycles. The van der Waals surface area contributed by atoms with E-state index in [1.54, 1.807) is 30.5 Å². The Bertz CT molecular complexity index is 1120. The van der Waals surface area contributed by atoms with Crippen LogP contribution in [0.2, 0.25) is 0 Å². The summed E-state index contributed by atoms with van der Waals surface area (Å²) in [6, 6.07) is 19.9. The van der Waals surface area contributed by atoms with Crippen LogP contribution in [0.5, 0.6) is 0 Å². The normalized spacial score (nSPS) is 10.6. The van der Waals surface area contributed by atoms with Crippen LogP contribution in [0.3, 0.4) is 0 Å². The topological polar surface area (TPSA) is 84.0 Å². The maximum atomic E-state index is 12.5. The van der Waals surface area contributed by atoms with Crippen molar-refractivity contribution in [3.63, 3.8) is 0 Å². The molecule has 28 heavy (non-hydrogen) atoms. The molecule has 0 radical (unpaired) electrons. The lowest BCUT2D eigenvalue weighted by atomic mass is 10.1. The first kappa shape index (κ1) is 17.8. The van der Waals surface area contributed by atoms with Crippen molar-refractivity contribution in [2.24, 2.45) is 0 Å². The first-order chi connectivity index (χ1) is 13.7. The molecule has 2 amide bonds. The number of hydrogen-bond donors (Lipinski definition) is 2. The number of carbonyl (C=O) groups excluding carboxylic acids is 2. The molecule has 0 bridgehead atoms. The second-order valence-corrected chi connectivity index (χ2v) is 6.87. The molecule has 0 aliphatic heterocycles. The number of fused-ring (bicyclic) bond motifs is 1. The van der Waals surface area contributed by atoms with E-state index in [1.807, 2.05) is 42.5 Å². The molecule has 0 spiro atoms. The van der Waals surface area contributed by atoms with E-state index in [0.29, 0.717) is 23.5 Å². The van der Waals surface area contributed by atoms with Crippen molar-refractivity contribution in [3.8, 4) is 0 Å². The maximum Gasteiger partial charge on any atom is 0.276 e. The predicted molar refractivity (Wildman–Crippen MR) is 109 cm³/mol. The Hall–Kier alpha value is -3.58. The van der Waals surface area contributed by atoms with Crippen molar-refractivity contribution in [2.45, 2.75) is 6.54 Å². The lowest BCUT2D eigenvalue weighted by Crippen LogP contribution is -2.23. The van der Waals surface area contributed by atoms with Gasteiger partial charge in [0.1, 0.15) is 5.69 Å². The maximum absolute atomic E-state index is 12.5. The standard InChI is InChI=1S/C21H16N4O2S/c26-20(23-13-16-5-3-4-12-22-16)14-8-10-15(11-9-14)24-21(27)19-17-6-1-2-7-18(17)28-25-19/h1-12H,13H2,(H,23,26)(H,24,27). The van der Waals surface area contributed by atoms with Crippen molar-refractivity contribution in [2.75, 3.05) is 5.32 Å². The summed E-state index contributed by atoms with van der Waals surface area (Å²) in [5, 5.41) is 6.47. The van der Waals surface area contributed by atoms with Crippen molar-refractivity contribution in [1.29, 1.82) is 0 Å². The average Bonchev–Trinajstić information content (AvgIpc) is 3.18. The van der Waals surface area contributed by atoms with E-state index in [4.69, 9.17) is 0 Å². The number of benzene rings is 2. The van der Waals surface area contributed by atoms with Gasteiger partial charge in [0.15, 0.2) is 0 Å². The average molecular weight is 388 g/mol. The number of aromatic nitrogens is 2. The molecule has 0 atom stereocenters. The Morgan fingerprint density at radius 2 is 1.68 bits per heavy atom. The Morgan fingerprint density at radius 3 is 2.46 bits per heavy atom. The van der Waals surface area contributed by atoms with E-state index in [2.05, 4.69) is 20.0 Å². The van der Waals surface area contributed by atoms with Gasteiger partial charge in [-0.25, -0.2) is 0 Å². The number of carbonyl (C=O) groups is 2. The van der Waals surface area contributed by atoms with Crippen LogP contribution >= 0.6 is 11.5 Å². The highest BCUT2D eigenvalue weighted by molar-refractivity contribution is 7.13. The molecule has 0 saturated heterocycles. The molecule has 0 saturated carbocycles. The highest BCUT2D eigenvalue weighted by Crippen LogP contribution is 2.23. The second kappa shape index (κ2) is 7.98. The van der Waals surface area contributed by atoms with Crippen LogP contribution < -0.4 is 10.6 Å². The lowest BCUT2D eigenvalue weighted by molar-refractivity contribution is 0.0950. The minimum atomic E-state index is -0.273. The zero-order valence-electron chi connectivity index (χ0n) is 14.8.